The van der Waals surface area contributed by atoms with Crippen LogP contribution < -0.4 is 15.8 Å². The van der Waals surface area contributed by atoms with Gasteiger partial charge in [-0.1, -0.05) is 17.7 Å². The molecule has 1 heterocycles. The van der Waals surface area contributed by atoms with Gasteiger partial charge in [0.25, 0.3) is 5.91 Å². The maximum atomic E-state index is 12.1. The molecule has 1 aromatic heterocycles. The van der Waals surface area contributed by atoms with Gasteiger partial charge in [0.1, 0.15) is 11.3 Å². The van der Waals surface area contributed by atoms with Gasteiger partial charge < -0.3 is 20.5 Å². The molecule has 0 saturated carbocycles. The van der Waals surface area contributed by atoms with Crippen LogP contribution in [0.2, 0.25) is 5.02 Å². The lowest BCUT2D eigenvalue weighted by molar-refractivity contribution is -0.124. The van der Waals surface area contributed by atoms with Crippen LogP contribution in [0.25, 0.3) is 0 Å². The number of thiophene rings is 1. The van der Waals surface area contributed by atoms with Gasteiger partial charge in [-0.15, -0.1) is 11.3 Å². The smallest absolute Gasteiger partial charge is 0.342 e. The summed E-state index contributed by atoms with van der Waals surface area (Å²) in [5.41, 5.74) is 6.06. The molecule has 24 heavy (non-hydrogen) atoms. The van der Waals surface area contributed by atoms with Crippen LogP contribution in [-0.4, -0.2) is 32.1 Å². The zero-order chi connectivity index (χ0) is 17.5. The minimum absolute atomic E-state index is 0.114. The highest BCUT2D eigenvalue weighted by atomic mass is 35.5. The summed E-state index contributed by atoms with van der Waals surface area (Å²) in [6, 6.07) is 6.73. The third-order valence-corrected chi connectivity index (χ3v) is 4.41. The number of nitrogens with one attached hydrogen (secondary N) is 1. The van der Waals surface area contributed by atoms with Crippen molar-refractivity contribution in [2.45, 2.75) is 6.42 Å². The van der Waals surface area contributed by atoms with Crippen molar-refractivity contribution in [3.63, 3.8) is 0 Å². The average Bonchev–Trinajstić information content (AvgIpc) is 3.08. The minimum atomic E-state index is -0.706. The molecule has 6 nitrogen and oxygen atoms in total. The first-order chi connectivity index (χ1) is 11.5. The number of carbonyl (C=O) groups excluding carboxylic acids is 2. The second kappa shape index (κ2) is 8.56. The number of hydrogen-bond donors (Lipinski definition) is 2. The predicted octanol–water partition coefficient (Wildman–Crippen LogP) is 2.51. The molecule has 0 aliphatic rings. The van der Waals surface area contributed by atoms with E-state index in [1.165, 1.54) is 24.1 Å². The van der Waals surface area contributed by atoms with Crippen molar-refractivity contribution < 1.29 is 19.1 Å². The van der Waals surface area contributed by atoms with E-state index in [1.807, 2.05) is 17.5 Å². The molecule has 0 aliphatic heterocycles. The van der Waals surface area contributed by atoms with Gasteiger partial charge in [-0.2, -0.15) is 0 Å². The molecular weight excluding hydrogens is 352 g/mol. The third-order valence-electron chi connectivity index (χ3n) is 3.15. The van der Waals surface area contributed by atoms with Crippen molar-refractivity contribution in [1.82, 2.24) is 5.32 Å². The molecule has 8 heteroatoms. The van der Waals surface area contributed by atoms with E-state index in [-0.39, 0.29) is 34.5 Å². The van der Waals surface area contributed by atoms with Gasteiger partial charge in [0.15, 0.2) is 6.61 Å². The number of esters is 1. The van der Waals surface area contributed by atoms with Gasteiger partial charge in [-0.25, -0.2) is 4.79 Å². The number of anilines is 1. The molecule has 2 aromatic rings. The standard InChI is InChI=1S/C16H17ClN2O4S/c1-22-14-8-13(18)12(17)7-11(14)16(21)23-9-15(20)19-5-4-10-3-2-6-24-10/h2-3,6-8H,4-5,9,18H2,1H3,(H,19,20). The van der Waals surface area contributed by atoms with E-state index in [9.17, 15) is 9.59 Å². The zero-order valence-corrected chi connectivity index (χ0v) is 14.6. The van der Waals surface area contributed by atoms with Gasteiger partial charge in [0.2, 0.25) is 0 Å². The molecule has 0 aliphatic carbocycles. The average molecular weight is 369 g/mol. The number of amides is 1. The molecule has 0 atom stereocenters. The van der Waals surface area contributed by atoms with Crippen LogP contribution in [0.1, 0.15) is 15.2 Å². The Kier molecular flexibility index (Phi) is 6.45. The van der Waals surface area contributed by atoms with Gasteiger partial charge in [-0.3, -0.25) is 4.79 Å². The highest BCUT2D eigenvalue weighted by Crippen LogP contribution is 2.29. The fraction of sp³-hybridized carbons (Fsp3) is 0.250. The van der Waals surface area contributed by atoms with E-state index < -0.39 is 5.97 Å². The second-order valence-electron chi connectivity index (χ2n) is 4.83. The van der Waals surface area contributed by atoms with Crippen molar-refractivity contribution in [2.75, 3.05) is 26.0 Å². The van der Waals surface area contributed by atoms with Crippen molar-refractivity contribution in [1.29, 1.82) is 0 Å². The Balaban J connectivity index is 1.84. The number of ether oxygens (including phenoxy) is 2. The van der Waals surface area contributed by atoms with E-state index in [1.54, 1.807) is 11.3 Å². The molecular formula is C16H17ClN2O4S. The number of halogens is 1. The first-order valence-corrected chi connectivity index (χ1v) is 8.36. The van der Waals surface area contributed by atoms with E-state index in [0.29, 0.717) is 6.54 Å². The van der Waals surface area contributed by atoms with Crippen LogP contribution in [0.4, 0.5) is 5.69 Å². The summed E-state index contributed by atoms with van der Waals surface area (Å²) in [4.78, 5) is 25.0. The molecule has 2 rings (SSSR count). The Morgan fingerprint density at radius 2 is 2.17 bits per heavy atom. The molecule has 1 aromatic carbocycles. The topological polar surface area (TPSA) is 90.7 Å². The quantitative estimate of drug-likeness (QED) is 0.578. The van der Waals surface area contributed by atoms with Crippen LogP contribution in [0.3, 0.4) is 0 Å². The first-order valence-electron chi connectivity index (χ1n) is 7.10. The van der Waals surface area contributed by atoms with E-state index in [4.69, 9.17) is 26.8 Å². The van der Waals surface area contributed by atoms with Crippen molar-refractivity contribution in [2.24, 2.45) is 0 Å². The van der Waals surface area contributed by atoms with Gasteiger partial charge in [0, 0.05) is 17.5 Å². The summed E-state index contributed by atoms with van der Waals surface area (Å²) in [7, 11) is 1.40. The minimum Gasteiger partial charge on any atom is -0.496 e. The normalized spacial score (nSPS) is 10.2. The number of benzene rings is 1. The van der Waals surface area contributed by atoms with E-state index in [0.717, 1.165) is 6.42 Å². The fourth-order valence-electron chi connectivity index (χ4n) is 1.94. The number of nitrogen functional groups attached to an aromatic ring is 1. The van der Waals surface area contributed by atoms with Crippen molar-refractivity contribution in [3.8, 4) is 5.75 Å². The summed E-state index contributed by atoms with van der Waals surface area (Å²) in [5, 5.41) is 4.88. The van der Waals surface area contributed by atoms with E-state index in [2.05, 4.69) is 5.32 Å². The monoisotopic (exact) mass is 368 g/mol. The first kappa shape index (κ1) is 18.1. The molecule has 0 bridgehead atoms. The number of methoxy groups -OCH3 is 1. The van der Waals surface area contributed by atoms with Crippen LogP contribution in [-0.2, 0) is 16.0 Å². The Morgan fingerprint density at radius 3 is 2.83 bits per heavy atom. The maximum absolute atomic E-state index is 12.1. The second-order valence-corrected chi connectivity index (χ2v) is 6.27. The Labute approximate surface area is 148 Å². The van der Waals surface area contributed by atoms with Crippen LogP contribution in [0, 0.1) is 0 Å². The lowest BCUT2D eigenvalue weighted by Crippen LogP contribution is -2.30. The molecule has 0 saturated heterocycles. The van der Waals surface area contributed by atoms with E-state index >= 15 is 0 Å². The molecule has 3 N–H and O–H groups in total. The lowest BCUT2D eigenvalue weighted by Gasteiger charge is -2.10. The Bertz CT molecular complexity index is 719. The SMILES string of the molecule is COc1cc(N)c(Cl)cc1C(=O)OCC(=O)NCCc1cccs1. The largest absolute Gasteiger partial charge is 0.496 e. The summed E-state index contributed by atoms with van der Waals surface area (Å²) in [6.07, 6.45) is 0.735. The summed E-state index contributed by atoms with van der Waals surface area (Å²) < 4.78 is 10.1. The number of carbonyl (C=O) groups is 2. The number of nitrogens with two attached hydrogens (primary N) is 1. The molecule has 128 valence electrons. The highest BCUT2D eigenvalue weighted by Gasteiger charge is 2.17. The van der Waals surface area contributed by atoms with Crippen LogP contribution >= 0.6 is 22.9 Å². The van der Waals surface area contributed by atoms with Crippen molar-refractivity contribution in [3.05, 3.63) is 45.1 Å². The zero-order valence-electron chi connectivity index (χ0n) is 13.0. The van der Waals surface area contributed by atoms with Gasteiger partial charge >= 0.3 is 5.97 Å². The fourth-order valence-corrected chi connectivity index (χ4v) is 2.81. The molecule has 0 fully saturated rings. The molecule has 0 radical (unpaired) electrons. The van der Waals surface area contributed by atoms with Gasteiger partial charge in [-0.05, 0) is 23.9 Å². The summed E-state index contributed by atoms with van der Waals surface area (Å²) in [6.45, 7) is 0.0995. The Hall–Kier alpha value is -2.25. The third kappa shape index (κ3) is 4.87. The van der Waals surface area contributed by atoms with Gasteiger partial charge in [0.05, 0.1) is 17.8 Å². The summed E-state index contributed by atoms with van der Waals surface area (Å²) >= 11 is 7.52. The molecule has 1 amide bonds. The summed E-state index contributed by atoms with van der Waals surface area (Å²) in [5.74, 6) is -0.845. The molecule has 0 unspecified atom stereocenters. The van der Waals surface area contributed by atoms with Crippen LogP contribution in [0.15, 0.2) is 29.6 Å². The molecule has 0 spiro atoms. The van der Waals surface area contributed by atoms with Crippen molar-refractivity contribution >= 4 is 40.5 Å². The maximum Gasteiger partial charge on any atom is 0.342 e. The Morgan fingerprint density at radius 1 is 1.38 bits per heavy atom. The predicted molar refractivity (Wildman–Crippen MR) is 93.7 cm³/mol. The van der Waals surface area contributed by atoms with Crippen LogP contribution in [0.5, 0.6) is 5.75 Å². The number of rotatable bonds is 7. The highest BCUT2D eigenvalue weighted by molar-refractivity contribution is 7.09. The number of hydrogen-bond acceptors (Lipinski definition) is 6. The lowest BCUT2D eigenvalue weighted by atomic mass is 10.2.